The van der Waals surface area contributed by atoms with Gasteiger partial charge in [-0.05, 0) is 50.6 Å². The molecule has 7 heteroatoms. The fourth-order valence-electron chi connectivity index (χ4n) is 3.12. The van der Waals surface area contributed by atoms with Crippen molar-refractivity contribution in [3.05, 3.63) is 58.9 Å². The lowest BCUT2D eigenvalue weighted by atomic mass is 10.1. The van der Waals surface area contributed by atoms with Gasteiger partial charge in [0.15, 0.2) is 6.10 Å². The summed E-state index contributed by atoms with van der Waals surface area (Å²) < 4.78 is 12.5. The zero-order chi connectivity index (χ0) is 22.3. The molecule has 0 aliphatic heterocycles. The number of esters is 1. The molecule has 0 saturated carbocycles. The molecular weight excluding hydrogens is 382 g/mol. The number of amides is 1. The van der Waals surface area contributed by atoms with E-state index in [0.29, 0.717) is 18.8 Å². The predicted molar refractivity (Wildman–Crippen MR) is 115 cm³/mol. The summed E-state index contributed by atoms with van der Waals surface area (Å²) in [5.41, 5.74) is 3.18. The second kappa shape index (κ2) is 10.4. The summed E-state index contributed by atoms with van der Waals surface area (Å²) in [7, 11) is 3.24. The highest BCUT2D eigenvalue weighted by Crippen LogP contribution is 2.19. The molecule has 1 aromatic heterocycles. The van der Waals surface area contributed by atoms with Crippen molar-refractivity contribution in [3.63, 3.8) is 0 Å². The van der Waals surface area contributed by atoms with Crippen molar-refractivity contribution >= 4 is 23.6 Å². The Hall–Kier alpha value is -3.37. The molecule has 0 aliphatic rings. The van der Waals surface area contributed by atoms with Crippen molar-refractivity contribution in [1.82, 2.24) is 4.57 Å². The van der Waals surface area contributed by atoms with Crippen molar-refractivity contribution in [3.8, 4) is 6.07 Å². The van der Waals surface area contributed by atoms with Gasteiger partial charge in [0.1, 0.15) is 11.6 Å². The minimum Gasteiger partial charge on any atom is -0.448 e. The minimum atomic E-state index is -1.03. The number of likely N-dealkylation sites (N-methyl/N-ethyl adjacent to an activating group) is 1. The number of hydrogen-bond acceptors (Lipinski definition) is 5. The first-order valence-corrected chi connectivity index (χ1v) is 9.61. The van der Waals surface area contributed by atoms with Crippen LogP contribution in [-0.2, 0) is 25.6 Å². The molecule has 2 rings (SSSR count). The van der Waals surface area contributed by atoms with Crippen molar-refractivity contribution in [2.45, 2.75) is 33.4 Å². The number of para-hydroxylation sites is 1. The van der Waals surface area contributed by atoms with Gasteiger partial charge in [-0.15, -0.1) is 0 Å². The number of anilines is 1. The monoisotopic (exact) mass is 409 g/mol. The molecule has 1 atom stereocenters. The van der Waals surface area contributed by atoms with E-state index in [1.165, 1.54) is 17.9 Å². The van der Waals surface area contributed by atoms with Crippen molar-refractivity contribution < 1.29 is 19.1 Å². The molecule has 0 aliphatic carbocycles. The molecule has 1 aromatic carbocycles. The van der Waals surface area contributed by atoms with Crippen LogP contribution in [0.4, 0.5) is 5.69 Å². The summed E-state index contributed by atoms with van der Waals surface area (Å²) >= 11 is 0. The third-order valence-corrected chi connectivity index (χ3v) is 4.88. The van der Waals surface area contributed by atoms with Crippen LogP contribution in [0, 0.1) is 25.2 Å². The van der Waals surface area contributed by atoms with Crippen LogP contribution in [0.3, 0.4) is 0 Å². The number of hydrogen-bond donors (Lipinski definition) is 0. The van der Waals surface area contributed by atoms with E-state index in [1.54, 1.807) is 26.3 Å². The Morgan fingerprint density at radius 3 is 2.53 bits per heavy atom. The van der Waals surface area contributed by atoms with E-state index in [1.807, 2.05) is 44.2 Å². The van der Waals surface area contributed by atoms with Gasteiger partial charge in [-0.1, -0.05) is 18.2 Å². The second-order valence-electron chi connectivity index (χ2n) is 6.92. The van der Waals surface area contributed by atoms with Crippen LogP contribution in [0.2, 0.25) is 0 Å². The normalized spacial score (nSPS) is 12.2. The number of methoxy groups -OCH3 is 1. The Morgan fingerprint density at radius 1 is 1.27 bits per heavy atom. The van der Waals surface area contributed by atoms with E-state index in [2.05, 4.69) is 4.57 Å². The third kappa shape index (κ3) is 5.37. The quantitative estimate of drug-likeness (QED) is 0.380. The first kappa shape index (κ1) is 22.9. The van der Waals surface area contributed by atoms with Gasteiger partial charge in [0.2, 0.25) is 0 Å². The maximum absolute atomic E-state index is 12.6. The van der Waals surface area contributed by atoms with Crippen molar-refractivity contribution in [1.29, 1.82) is 5.26 Å². The van der Waals surface area contributed by atoms with E-state index in [-0.39, 0.29) is 11.5 Å². The fourth-order valence-corrected chi connectivity index (χ4v) is 3.12. The van der Waals surface area contributed by atoms with Crippen LogP contribution < -0.4 is 4.90 Å². The van der Waals surface area contributed by atoms with Gasteiger partial charge in [-0.3, -0.25) is 4.79 Å². The Bertz CT molecular complexity index is 970. The molecule has 1 heterocycles. The largest absolute Gasteiger partial charge is 0.448 e. The summed E-state index contributed by atoms with van der Waals surface area (Å²) in [5, 5.41) is 9.46. The van der Waals surface area contributed by atoms with Crippen LogP contribution in [-0.4, -0.2) is 43.3 Å². The third-order valence-electron chi connectivity index (χ3n) is 4.88. The van der Waals surface area contributed by atoms with Crippen LogP contribution in [0.1, 0.15) is 23.9 Å². The Morgan fingerprint density at radius 2 is 1.93 bits per heavy atom. The van der Waals surface area contributed by atoms with Crippen LogP contribution in [0.5, 0.6) is 0 Å². The molecule has 2 aromatic rings. The Balaban J connectivity index is 2.15. The average molecular weight is 409 g/mol. The minimum absolute atomic E-state index is 0.163. The fraction of sp³-hybridized carbons (Fsp3) is 0.348. The molecule has 158 valence electrons. The summed E-state index contributed by atoms with van der Waals surface area (Å²) in [6.07, 6.45) is 0.458. The molecule has 0 unspecified atom stereocenters. The predicted octanol–water partition coefficient (Wildman–Crippen LogP) is 3.25. The van der Waals surface area contributed by atoms with Crippen LogP contribution >= 0.6 is 0 Å². The number of aromatic nitrogens is 1. The number of carbonyl (C=O) groups is 2. The number of nitriles is 1. The molecule has 0 N–H and O–H groups in total. The van der Waals surface area contributed by atoms with Gasteiger partial charge in [0.05, 0.1) is 6.61 Å². The number of aryl methyl sites for hydroxylation is 1. The number of ether oxygens (including phenoxy) is 2. The summed E-state index contributed by atoms with van der Waals surface area (Å²) in [6, 6.07) is 12.8. The van der Waals surface area contributed by atoms with Gasteiger partial charge >= 0.3 is 5.97 Å². The van der Waals surface area contributed by atoms with Crippen LogP contribution in [0.25, 0.3) is 6.08 Å². The highest BCUT2D eigenvalue weighted by atomic mass is 16.5. The maximum Gasteiger partial charge on any atom is 0.349 e. The molecule has 0 saturated heterocycles. The standard InChI is InChI=1S/C23H27N3O4/c1-16-13-19(17(2)26(16)11-12-29-5)14-20(15-24)23(28)30-18(3)22(27)25(4)21-9-7-6-8-10-21/h6-10,13-14,18H,11-12H2,1-5H3/b20-14+/t18-/m1/s1. The number of benzene rings is 1. The highest BCUT2D eigenvalue weighted by Gasteiger charge is 2.24. The molecular formula is C23H27N3O4. The first-order valence-electron chi connectivity index (χ1n) is 9.61. The van der Waals surface area contributed by atoms with Gasteiger partial charge in [-0.2, -0.15) is 5.26 Å². The highest BCUT2D eigenvalue weighted by molar-refractivity contribution is 6.01. The number of rotatable bonds is 8. The van der Waals surface area contributed by atoms with Gasteiger partial charge < -0.3 is 18.9 Å². The van der Waals surface area contributed by atoms with E-state index in [4.69, 9.17) is 9.47 Å². The second-order valence-corrected chi connectivity index (χ2v) is 6.92. The topological polar surface area (TPSA) is 84.6 Å². The van der Waals surface area contributed by atoms with Crippen molar-refractivity contribution in [2.24, 2.45) is 0 Å². The smallest absolute Gasteiger partial charge is 0.349 e. The zero-order valence-electron chi connectivity index (χ0n) is 18.0. The van der Waals surface area contributed by atoms with Gasteiger partial charge in [-0.25, -0.2) is 4.79 Å². The molecule has 0 radical (unpaired) electrons. The van der Waals surface area contributed by atoms with Gasteiger partial charge in [0, 0.05) is 37.8 Å². The summed E-state index contributed by atoms with van der Waals surface area (Å²) in [4.78, 5) is 26.5. The average Bonchev–Trinajstić information content (AvgIpc) is 3.02. The molecule has 0 fully saturated rings. The maximum atomic E-state index is 12.6. The number of nitrogens with zero attached hydrogens (tertiary/aromatic N) is 3. The first-order chi connectivity index (χ1) is 14.3. The zero-order valence-corrected chi connectivity index (χ0v) is 18.0. The van der Waals surface area contributed by atoms with E-state index in [9.17, 15) is 14.9 Å². The van der Waals surface area contributed by atoms with E-state index >= 15 is 0 Å². The Kier molecular flexibility index (Phi) is 7.96. The SMILES string of the molecule is COCCn1c(C)cc(/C=C(\C#N)C(=O)O[C@H](C)C(=O)N(C)c2ccccc2)c1C. The van der Waals surface area contributed by atoms with E-state index < -0.39 is 12.1 Å². The Labute approximate surface area is 177 Å². The molecule has 0 spiro atoms. The van der Waals surface area contributed by atoms with E-state index in [0.717, 1.165) is 17.0 Å². The molecule has 30 heavy (non-hydrogen) atoms. The number of carbonyl (C=O) groups excluding carboxylic acids is 2. The summed E-state index contributed by atoms with van der Waals surface area (Å²) in [6.45, 7) is 6.58. The lowest BCUT2D eigenvalue weighted by Gasteiger charge is -2.21. The molecule has 7 nitrogen and oxygen atoms in total. The van der Waals surface area contributed by atoms with Gasteiger partial charge in [0.25, 0.3) is 5.91 Å². The molecule has 0 bridgehead atoms. The lowest BCUT2D eigenvalue weighted by Crippen LogP contribution is -2.37. The lowest BCUT2D eigenvalue weighted by molar-refractivity contribution is -0.149. The van der Waals surface area contributed by atoms with Crippen molar-refractivity contribution in [2.75, 3.05) is 25.7 Å². The molecule has 1 amide bonds. The van der Waals surface area contributed by atoms with Crippen LogP contribution in [0.15, 0.2) is 42.0 Å². The summed E-state index contributed by atoms with van der Waals surface area (Å²) in [5.74, 6) is -1.22.